The normalized spacial score (nSPS) is 16.9. The Morgan fingerprint density at radius 3 is 2.55 bits per heavy atom. The zero-order chi connectivity index (χ0) is 26.8. The van der Waals surface area contributed by atoms with Crippen molar-refractivity contribution in [1.82, 2.24) is 19.8 Å². The first-order chi connectivity index (χ1) is 18.3. The molecule has 0 spiro atoms. The van der Waals surface area contributed by atoms with Crippen LogP contribution in [0.4, 0.5) is 5.69 Å². The summed E-state index contributed by atoms with van der Waals surface area (Å²) in [6.45, 7) is 6.70. The van der Waals surface area contributed by atoms with E-state index in [1.54, 1.807) is 6.20 Å². The minimum Gasteiger partial charge on any atom is -0.352 e. The van der Waals surface area contributed by atoms with Gasteiger partial charge in [0, 0.05) is 46.9 Å². The van der Waals surface area contributed by atoms with Crippen molar-refractivity contribution in [2.45, 2.75) is 39.3 Å². The van der Waals surface area contributed by atoms with Crippen molar-refractivity contribution in [2.75, 3.05) is 11.9 Å². The van der Waals surface area contributed by atoms with Crippen LogP contribution in [0.3, 0.4) is 0 Å². The molecule has 0 aliphatic carbocycles. The molecule has 1 aliphatic rings. The lowest BCUT2D eigenvalue weighted by Crippen LogP contribution is -2.32. The van der Waals surface area contributed by atoms with Crippen molar-refractivity contribution in [1.29, 1.82) is 0 Å². The van der Waals surface area contributed by atoms with Gasteiger partial charge in [-0.3, -0.25) is 9.78 Å². The number of nitrogens with zero attached hydrogens (tertiary/aromatic N) is 3. The standard InChI is InChI=1S/C30H30ClN5OS/c1-19-10-12-23(13-11-19)33-27(37)14-16-35-29(28(34-30(35)38)26-9-4-5-15-32-26)25-17-20(2)36(21(25)3)24-8-6-7-22(31)18-24/h4-13,15,17-18,28-29H,14,16H2,1-3H3,(H,33,37)(H,34,38). The minimum absolute atomic E-state index is 0.0545. The molecule has 6 nitrogen and oxygen atoms in total. The van der Waals surface area contributed by atoms with E-state index < -0.39 is 0 Å². The van der Waals surface area contributed by atoms with Crippen LogP contribution in [0.1, 0.15) is 46.7 Å². The van der Waals surface area contributed by atoms with E-state index in [2.05, 4.69) is 51.1 Å². The van der Waals surface area contributed by atoms with Crippen molar-refractivity contribution < 1.29 is 4.79 Å². The lowest BCUT2D eigenvalue weighted by atomic mass is 9.96. The second-order valence-electron chi connectivity index (χ2n) is 9.63. The fourth-order valence-corrected chi connectivity index (χ4v) is 5.68. The molecule has 0 bridgehead atoms. The average molecular weight is 544 g/mol. The van der Waals surface area contributed by atoms with Gasteiger partial charge in [0.25, 0.3) is 0 Å². The highest BCUT2D eigenvalue weighted by molar-refractivity contribution is 7.80. The number of thiocarbonyl (C=S) groups is 1. The van der Waals surface area contributed by atoms with Crippen LogP contribution in [-0.2, 0) is 4.79 Å². The van der Waals surface area contributed by atoms with Crippen LogP contribution in [0.25, 0.3) is 5.69 Å². The Kier molecular flexibility index (Phi) is 7.49. The summed E-state index contributed by atoms with van der Waals surface area (Å²) in [5, 5.41) is 7.78. The Morgan fingerprint density at radius 1 is 1.05 bits per heavy atom. The minimum atomic E-state index is -0.155. The van der Waals surface area contributed by atoms with Crippen molar-refractivity contribution in [2.24, 2.45) is 0 Å². The molecule has 1 amide bonds. The van der Waals surface area contributed by atoms with Gasteiger partial charge in [0.05, 0.1) is 17.8 Å². The van der Waals surface area contributed by atoms with Crippen molar-refractivity contribution >= 4 is 40.5 Å². The third-order valence-corrected chi connectivity index (χ3v) is 7.56. The topological polar surface area (TPSA) is 62.2 Å². The first-order valence-corrected chi connectivity index (χ1v) is 13.4. The first kappa shape index (κ1) is 25.9. The highest BCUT2D eigenvalue weighted by atomic mass is 35.5. The third-order valence-electron chi connectivity index (χ3n) is 6.97. The number of nitrogens with one attached hydrogen (secondary N) is 2. The van der Waals surface area contributed by atoms with Crippen LogP contribution >= 0.6 is 23.8 Å². The van der Waals surface area contributed by atoms with Crippen molar-refractivity contribution in [3.05, 3.63) is 112 Å². The highest BCUT2D eigenvalue weighted by Crippen LogP contribution is 2.41. The molecule has 2 unspecified atom stereocenters. The van der Waals surface area contributed by atoms with Gasteiger partial charge < -0.3 is 20.1 Å². The van der Waals surface area contributed by atoms with Gasteiger partial charge in [-0.2, -0.15) is 0 Å². The Hall–Kier alpha value is -3.68. The smallest absolute Gasteiger partial charge is 0.226 e. The van der Waals surface area contributed by atoms with Crippen LogP contribution in [0, 0.1) is 20.8 Å². The number of carbonyl (C=O) groups is 1. The van der Waals surface area contributed by atoms with Crippen LogP contribution < -0.4 is 10.6 Å². The number of pyridine rings is 1. The molecule has 2 aromatic carbocycles. The Morgan fingerprint density at radius 2 is 1.84 bits per heavy atom. The summed E-state index contributed by atoms with van der Waals surface area (Å²) in [6.07, 6.45) is 2.10. The van der Waals surface area contributed by atoms with Gasteiger partial charge >= 0.3 is 0 Å². The lowest BCUT2D eigenvalue weighted by Gasteiger charge is -2.28. The predicted molar refractivity (Wildman–Crippen MR) is 157 cm³/mol. The lowest BCUT2D eigenvalue weighted by molar-refractivity contribution is -0.116. The number of aromatic nitrogens is 2. The van der Waals surface area contributed by atoms with E-state index in [0.29, 0.717) is 23.1 Å². The summed E-state index contributed by atoms with van der Waals surface area (Å²) >= 11 is 12.1. The maximum Gasteiger partial charge on any atom is 0.226 e. The predicted octanol–water partition coefficient (Wildman–Crippen LogP) is 6.45. The van der Waals surface area contributed by atoms with Crippen LogP contribution in [0.5, 0.6) is 0 Å². The monoisotopic (exact) mass is 543 g/mol. The number of aryl methyl sites for hydroxylation is 2. The maximum absolute atomic E-state index is 12.9. The molecular weight excluding hydrogens is 514 g/mol. The van der Waals surface area contributed by atoms with Crippen molar-refractivity contribution in [3.8, 4) is 5.69 Å². The third kappa shape index (κ3) is 5.30. The summed E-state index contributed by atoms with van der Waals surface area (Å²) in [5.74, 6) is -0.0545. The fourth-order valence-electron chi connectivity index (χ4n) is 5.17. The zero-order valence-corrected chi connectivity index (χ0v) is 23.2. The Bertz CT molecular complexity index is 1470. The summed E-state index contributed by atoms with van der Waals surface area (Å²) in [7, 11) is 0. The van der Waals surface area contributed by atoms with Gasteiger partial charge in [-0.05, 0) is 87.1 Å². The summed E-state index contributed by atoms with van der Waals surface area (Å²) < 4.78 is 2.21. The number of carbonyl (C=O) groups excluding carboxylic acids is 1. The number of hydrogen-bond donors (Lipinski definition) is 2. The summed E-state index contributed by atoms with van der Waals surface area (Å²) in [5.41, 5.74) is 7.16. The zero-order valence-electron chi connectivity index (χ0n) is 21.6. The SMILES string of the molecule is Cc1ccc(NC(=O)CCN2C(=S)NC(c3ccccn3)C2c2cc(C)n(-c3cccc(Cl)c3)c2C)cc1. The molecule has 194 valence electrons. The maximum atomic E-state index is 12.9. The van der Waals surface area contributed by atoms with Crippen LogP contribution in [0.2, 0.25) is 5.02 Å². The van der Waals surface area contributed by atoms with E-state index in [4.69, 9.17) is 23.8 Å². The van der Waals surface area contributed by atoms with Gasteiger partial charge in [-0.15, -0.1) is 0 Å². The molecule has 0 saturated carbocycles. The number of benzene rings is 2. The molecule has 3 heterocycles. The van der Waals surface area contributed by atoms with E-state index in [1.807, 2.05) is 67.6 Å². The summed E-state index contributed by atoms with van der Waals surface area (Å²) in [4.78, 5) is 19.6. The second kappa shape index (κ2) is 11.0. The molecule has 1 fully saturated rings. The van der Waals surface area contributed by atoms with E-state index in [1.165, 1.54) is 0 Å². The molecule has 38 heavy (non-hydrogen) atoms. The molecule has 1 aliphatic heterocycles. The average Bonchev–Trinajstić information content (AvgIpc) is 3.39. The van der Waals surface area contributed by atoms with Gasteiger partial charge in [0.1, 0.15) is 0 Å². The molecule has 4 aromatic rings. The largest absolute Gasteiger partial charge is 0.352 e. The molecular formula is C30H30ClN5OS. The molecule has 2 atom stereocenters. The number of anilines is 1. The second-order valence-corrected chi connectivity index (χ2v) is 10.4. The van der Waals surface area contributed by atoms with Gasteiger partial charge in [-0.25, -0.2) is 0 Å². The van der Waals surface area contributed by atoms with E-state index in [-0.39, 0.29) is 18.0 Å². The molecule has 0 radical (unpaired) electrons. The van der Waals surface area contributed by atoms with E-state index in [0.717, 1.165) is 39.6 Å². The quantitative estimate of drug-likeness (QED) is 0.262. The number of rotatable bonds is 7. The van der Waals surface area contributed by atoms with Gasteiger partial charge in [0.2, 0.25) is 5.91 Å². The highest BCUT2D eigenvalue weighted by Gasteiger charge is 2.41. The van der Waals surface area contributed by atoms with Crippen LogP contribution in [-0.4, -0.2) is 32.0 Å². The molecule has 1 saturated heterocycles. The van der Waals surface area contributed by atoms with E-state index >= 15 is 0 Å². The number of halogens is 1. The first-order valence-electron chi connectivity index (χ1n) is 12.6. The molecule has 2 aromatic heterocycles. The molecule has 8 heteroatoms. The Labute approximate surface area is 233 Å². The van der Waals surface area contributed by atoms with Gasteiger partial charge in [0.15, 0.2) is 5.11 Å². The summed E-state index contributed by atoms with van der Waals surface area (Å²) in [6, 6.07) is 23.5. The van der Waals surface area contributed by atoms with E-state index in [9.17, 15) is 4.79 Å². The fraction of sp³-hybridized carbons (Fsp3) is 0.233. The number of hydrogen-bond acceptors (Lipinski definition) is 3. The number of amides is 1. The van der Waals surface area contributed by atoms with Crippen molar-refractivity contribution in [3.63, 3.8) is 0 Å². The van der Waals surface area contributed by atoms with Crippen LogP contribution in [0.15, 0.2) is 79.0 Å². The Balaban J connectivity index is 1.46. The molecule has 2 N–H and O–H groups in total. The molecule has 5 rings (SSSR count). The van der Waals surface area contributed by atoms with Gasteiger partial charge in [-0.1, -0.05) is 41.4 Å².